The molecular formula is C4H7N2O2+. The molecule has 4 nitrogen and oxygen atoms in total. The van der Waals surface area contributed by atoms with Crippen molar-refractivity contribution in [2.24, 2.45) is 0 Å². The second kappa shape index (κ2) is 3.93. The van der Waals surface area contributed by atoms with E-state index >= 15 is 0 Å². The van der Waals surface area contributed by atoms with Gasteiger partial charge < -0.3 is 9.47 Å². The van der Waals surface area contributed by atoms with Crippen LogP contribution in [0.3, 0.4) is 0 Å². The topological polar surface area (TPSA) is 46.6 Å². The standard InChI is InChI=1S/C4H7N2O2/c1-7-4(8-2)3-6-5/h3H,1-2H3/q+1. The van der Waals surface area contributed by atoms with E-state index in [9.17, 15) is 0 Å². The molecule has 0 aliphatic carbocycles. The highest BCUT2D eigenvalue weighted by Gasteiger charge is 1.97. The van der Waals surface area contributed by atoms with Crippen LogP contribution in [0.5, 0.6) is 0 Å². The Morgan fingerprint density at radius 1 is 1.50 bits per heavy atom. The summed E-state index contributed by atoms with van der Waals surface area (Å²) < 4.78 is 9.05. The first-order chi connectivity index (χ1) is 3.85. The van der Waals surface area contributed by atoms with E-state index in [1.54, 1.807) is 0 Å². The SMILES string of the molecule is COC(=C[N+]#N)OC. The van der Waals surface area contributed by atoms with Crippen molar-refractivity contribution in [2.75, 3.05) is 14.2 Å². The lowest BCUT2D eigenvalue weighted by atomic mass is 10.9. The van der Waals surface area contributed by atoms with Crippen LogP contribution in [0.1, 0.15) is 0 Å². The van der Waals surface area contributed by atoms with E-state index in [1.165, 1.54) is 14.2 Å². The second-order valence-electron chi connectivity index (χ2n) is 0.972. The average molecular weight is 115 g/mol. The molecule has 0 N–H and O–H groups in total. The molecule has 0 saturated heterocycles. The molecule has 0 amide bonds. The van der Waals surface area contributed by atoms with Crippen LogP contribution >= 0.6 is 0 Å². The molecule has 0 spiro atoms. The van der Waals surface area contributed by atoms with Crippen LogP contribution < -0.4 is 0 Å². The molecular weight excluding hydrogens is 108 g/mol. The lowest BCUT2D eigenvalue weighted by Crippen LogP contribution is -1.86. The largest absolute Gasteiger partial charge is 0.463 e. The molecule has 0 aromatic carbocycles. The Morgan fingerprint density at radius 2 is 2.00 bits per heavy atom. The molecule has 0 radical (unpaired) electrons. The number of nitrogens with zero attached hydrogens (tertiary/aromatic N) is 2. The molecule has 0 heterocycles. The maximum atomic E-state index is 7.89. The molecule has 0 aromatic rings. The Hall–Kier alpha value is -1.24. The lowest BCUT2D eigenvalue weighted by Gasteiger charge is -1.94. The zero-order valence-corrected chi connectivity index (χ0v) is 4.79. The summed E-state index contributed by atoms with van der Waals surface area (Å²) in [6.07, 6.45) is 1.06. The van der Waals surface area contributed by atoms with E-state index in [0.717, 1.165) is 6.20 Å². The summed E-state index contributed by atoms with van der Waals surface area (Å²) in [5.41, 5.74) is 0. The molecule has 0 aliphatic heterocycles. The summed E-state index contributed by atoms with van der Waals surface area (Å²) in [7, 11) is 2.83. The molecule has 0 aromatic heterocycles. The van der Waals surface area contributed by atoms with Gasteiger partial charge in [0.25, 0.3) is 0 Å². The van der Waals surface area contributed by atoms with E-state index in [2.05, 4.69) is 14.4 Å². The van der Waals surface area contributed by atoms with Crippen LogP contribution in [-0.2, 0) is 9.47 Å². The minimum Gasteiger partial charge on any atom is -0.463 e. The van der Waals surface area contributed by atoms with Crippen LogP contribution in [0, 0.1) is 5.39 Å². The molecule has 8 heavy (non-hydrogen) atoms. The molecule has 0 atom stereocenters. The molecule has 0 aliphatic rings. The van der Waals surface area contributed by atoms with Gasteiger partial charge in [-0.1, -0.05) is 0 Å². The van der Waals surface area contributed by atoms with Crippen molar-refractivity contribution >= 4 is 0 Å². The Balaban J connectivity index is 3.72. The normalized spacial score (nSPS) is 6.62. The Labute approximate surface area is 47.3 Å². The summed E-state index contributed by atoms with van der Waals surface area (Å²) >= 11 is 0. The van der Waals surface area contributed by atoms with E-state index in [1.807, 2.05) is 0 Å². The highest BCUT2D eigenvalue weighted by molar-refractivity contribution is 4.88. The minimum atomic E-state index is 0.174. The molecule has 0 fully saturated rings. The fraction of sp³-hybridized carbons (Fsp3) is 0.500. The fourth-order valence-electron chi connectivity index (χ4n) is 0.236. The smallest absolute Gasteiger partial charge is 0.429 e. The maximum absolute atomic E-state index is 7.89. The lowest BCUT2D eigenvalue weighted by molar-refractivity contribution is 0.0954. The van der Waals surface area contributed by atoms with Crippen molar-refractivity contribution in [3.63, 3.8) is 0 Å². The van der Waals surface area contributed by atoms with Gasteiger partial charge in [0.05, 0.1) is 14.2 Å². The van der Waals surface area contributed by atoms with Crippen LogP contribution in [0.4, 0.5) is 0 Å². The summed E-state index contributed by atoms with van der Waals surface area (Å²) in [5.74, 6) is 0.174. The van der Waals surface area contributed by atoms with Crippen molar-refractivity contribution < 1.29 is 9.47 Å². The Morgan fingerprint density at radius 3 is 2.12 bits per heavy atom. The third-order valence-electron chi connectivity index (χ3n) is 0.566. The number of rotatable bonds is 2. The van der Waals surface area contributed by atoms with E-state index in [0.29, 0.717) is 0 Å². The molecule has 4 heteroatoms. The summed E-state index contributed by atoms with van der Waals surface area (Å²) in [6.45, 7) is 0. The van der Waals surface area contributed by atoms with Crippen LogP contribution in [0.15, 0.2) is 12.1 Å². The van der Waals surface area contributed by atoms with Gasteiger partial charge in [0.15, 0.2) is 4.98 Å². The minimum absolute atomic E-state index is 0.174. The third-order valence-corrected chi connectivity index (χ3v) is 0.566. The predicted molar refractivity (Wildman–Crippen MR) is 27.2 cm³/mol. The summed E-state index contributed by atoms with van der Waals surface area (Å²) in [6, 6.07) is 0. The average Bonchev–Trinajstić information content (AvgIpc) is 1.83. The highest BCUT2D eigenvalue weighted by Crippen LogP contribution is 1.93. The molecule has 0 rings (SSSR count). The number of diazo groups is 1. The van der Waals surface area contributed by atoms with Gasteiger partial charge in [-0.15, -0.1) is 0 Å². The van der Waals surface area contributed by atoms with E-state index < -0.39 is 0 Å². The number of methoxy groups -OCH3 is 2. The number of hydrogen-bond donors (Lipinski definition) is 0. The van der Waals surface area contributed by atoms with Gasteiger partial charge in [-0.25, -0.2) is 0 Å². The van der Waals surface area contributed by atoms with Crippen LogP contribution in [0.25, 0.3) is 4.98 Å². The maximum Gasteiger partial charge on any atom is 0.429 e. The molecule has 0 bridgehead atoms. The number of hydrogen-bond acceptors (Lipinski definition) is 3. The zero-order valence-electron chi connectivity index (χ0n) is 4.79. The van der Waals surface area contributed by atoms with E-state index in [4.69, 9.17) is 5.39 Å². The summed E-state index contributed by atoms with van der Waals surface area (Å²) in [5, 5.41) is 7.89. The van der Waals surface area contributed by atoms with E-state index in [-0.39, 0.29) is 5.95 Å². The van der Waals surface area contributed by atoms with Crippen molar-refractivity contribution in [2.45, 2.75) is 0 Å². The van der Waals surface area contributed by atoms with Crippen LogP contribution in [-0.4, -0.2) is 14.2 Å². The number of ether oxygens (including phenoxy) is 2. The predicted octanol–water partition coefficient (Wildman–Crippen LogP) is 0.931. The van der Waals surface area contributed by atoms with Gasteiger partial charge in [-0.2, -0.15) is 0 Å². The highest BCUT2D eigenvalue weighted by atomic mass is 16.7. The van der Waals surface area contributed by atoms with Crippen molar-refractivity contribution in [3.05, 3.63) is 17.1 Å². The van der Waals surface area contributed by atoms with Gasteiger partial charge in [0.1, 0.15) is 0 Å². The van der Waals surface area contributed by atoms with Gasteiger partial charge in [0, 0.05) is 0 Å². The quantitative estimate of drug-likeness (QED) is 0.397. The first-order valence-corrected chi connectivity index (χ1v) is 1.97. The zero-order chi connectivity index (χ0) is 6.41. The molecule has 0 saturated carbocycles. The van der Waals surface area contributed by atoms with Gasteiger partial charge in [-0.3, -0.25) is 0 Å². The molecule has 0 unspecified atom stereocenters. The van der Waals surface area contributed by atoms with Gasteiger partial charge >= 0.3 is 12.1 Å². The second-order valence-corrected chi connectivity index (χ2v) is 0.972. The first-order valence-electron chi connectivity index (χ1n) is 1.97. The Bertz CT molecular complexity index is 118. The van der Waals surface area contributed by atoms with Gasteiger partial charge in [-0.05, 0) is 0 Å². The van der Waals surface area contributed by atoms with Gasteiger partial charge in [0.2, 0.25) is 5.39 Å². The first kappa shape index (κ1) is 6.76. The summed E-state index contributed by atoms with van der Waals surface area (Å²) in [4.78, 5) is 2.67. The monoisotopic (exact) mass is 115 g/mol. The van der Waals surface area contributed by atoms with Crippen LogP contribution in [0.2, 0.25) is 0 Å². The van der Waals surface area contributed by atoms with Crippen molar-refractivity contribution in [1.82, 2.24) is 0 Å². The Kier molecular flexibility index (Phi) is 3.32. The third kappa shape index (κ3) is 2.03. The fourth-order valence-corrected chi connectivity index (χ4v) is 0.236. The molecule has 44 valence electrons. The van der Waals surface area contributed by atoms with Crippen molar-refractivity contribution in [1.29, 1.82) is 5.39 Å². The van der Waals surface area contributed by atoms with Crippen molar-refractivity contribution in [3.8, 4) is 0 Å².